The van der Waals surface area contributed by atoms with E-state index in [4.69, 9.17) is 9.47 Å². The lowest BCUT2D eigenvalue weighted by Crippen LogP contribution is -2.55. The van der Waals surface area contributed by atoms with E-state index in [0.29, 0.717) is 32.5 Å². The first kappa shape index (κ1) is 17.0. The van der Waals surface area contributed by atoms with Gasteiger partial charge in [-0.25, -0.2) is 0 Å². The molecule has 1 saturated heterocycles. The molecule has 2 aliphatic rings. The Morgan fingerprint density at radius 1 is 1.38 bits per heavy atom. The molecule has 0 spiro atoms. The fourth-order valence-corrected chi connectivity index (χ4v) is 3.81. The van der Waals surface area contributed by atoms with Gasteiger partial charge in [0.25, 0.3) is 0 Å². The predicted molar refractivity (Wildman–Crippen MR) is 88.2 cm³/mol. The lowest BCUT2D eigenvalue weighted by molar-refractivity contribution is -0.164. The van der Waals surface area contributed by atoms with Crippen molar-refractivity contribution in [1.82, 2.24) is 4.90 Å². The maximum atomic E-state index is 11.9. The summed E-state index contributed by atoms with van der Waals surface area (Å²) in [4.78, 5) is 14.0. The molecule has 3 rings (SSSR count). The van der Waals surface area contributed by atoms with Gasteiger partial charge in [-0.2, -0.15) is 0 Å². The van der Waals surface area contributed by atoms with Crippen molar-refractivity contribution >= 4 is 5.97 Å². The molecule has 6 heteroatoms. The monoisotopic (exact) mass is 335 g/mol. The summed E-state index contributed by atoms with van der Waals surface area (Å²) in [6.07, 6.45) is 0.917. The number of likely N-dealkylation sites (tertiary alicyclic amines) is 1. The summed E-state index contributed by atoms with van der Waals surface area (Å²) in [5.41, 5.74) is 1.13. The normalized spacial score (nSPS) is 26.5. The van der Waals surface area contributed by atoms with Gasteiger partial charge in [-0.3, -0.25) is 9.69 Å². The summed E-state index contributed by atoms with van der Waals surface area (Å²) in [5.74, 6) is 0.603. The molecule has 2 atom stereocenters. The van der Waals surface area contributed by atoms with Crippen LogP contribution in [0.25, 0.3) is 0 Å². The number of hydrogen-bond donors (Lipinski definition) is 2. The number of fused-ring (bicyclic) bond motifs is 1. The summed E-state index contributed by atoms with van der Waals surface area (Å²) in [7, 11) is 0. The number of aliphatic hydroxyl groups excluding tert-OH is 1. The van der Waals surface area contributed by atoms with Gasteiger partial charge in [-0.1, -0.05) is 13.3 Å². The second kappa shape index (κ2) is 6.61. The van der Waals surface area contributed by atoms with Gasteiger partial charge in [0.1, 0.15) is 5.41 Å². The van der Waals surface area contributed by atoms with Crippen LogP contribution in [0.3, 0.4) is 0 Å². The van der Waals surface area contributed by atoms with Crippen molar-refractivity contribution in [1.29, 1.82) is 0 Å². The number of aliphatic carboxylic acids is 1. The van der Waals surface area contributed by atoms with E-state index in [1.165, 1.54) is 0 Å². The van der Waals surface area contributed by atoms with Crippen molar-refractivity contribution in [2.75, 3.05) is 19.9 Å². The first-order chi connectivity index (χ1) is 11.5. The van der Waals surface area contributed by atoms with E-state index in [9.17, 15) is 15.0 Å². The largest absolute Gasteiger partial charge is 0.481 e. The Labute approximate surface area is 142 Å². The molecule has 0 aliphatic carbocycles. The third kappa shape index (κ3) is 2.96. The number of nitrogens with zero attached hydrogens (tertiary/aromatic N) is 1. The Morgan fingerprint density at radius 2 is 2.08 bits per heavy atom. The molecule has 0 saturated carbocycles. The first-order valence-electron chi connectivity index (χ1n) is 8.49. The Kier molecular flexibility index (Phi) is 4.69. The number of piperidine rings is 1. The number of aryl methyl sites for hydroxylation is 1. The first-order valence-corrected chi connectivity index (χ1v) is 8.49. The maximum Gasteiger partial charge on any atom is 0.313 e. The van der Waals surface area contributed by atoms with Gasteiger partial charge < -0.3 is 19.7 Å². The molecule has 24 heavy (non-hydrogen) atoms. The molecule has 0 amide bonds. The zero-order valence-corrected chi connectivity index (χ0v) is 14.2. The third-order valence-corrected chi connectivity index (χ3v) is 5.21. The van der Waals surface area contributed by atoms with Gasteiger partial charge >= 0.3 is 5.97 Å². The summed E-state index contributed by atoms with van der Waals surface area (Å²) < 4.78 is 10.8. The molecule has 1 fully saturated rings. The van der Waals surface area contributed by atoms with Crippen LogP contribution in [0.5, 0.6) is 11.5 Å². The van der Waals surface area contributed by atoms with Crippen molar-refractivity contribution in [2.45, 2.75) is 45.8 Å². The number of carboxylic acids is 1. The van der Waals surface area contributed by atoms with Crippen molar-refractivity contribution in [2.24, 2.45) is 5.41 Å². The van der Waals surface area contributed by atoms with Gasteiger partial charge in [-0.15, -0.1) is 0 Å². The number of carboxylic acid groups (broad SMARTS) is 1. The number of benzene rings is 1. The van der Waals surface area contributed by atoms with Crippen molar-refractivity contribution in [3.8, 4) is 11.5 Å². The summed E-state index contributed by atoms with van der Waals surface area (Å²) in [6, 6.07) is 3.94. The molecular weight excluding hydrogens is 310 g/mol. The molecule has 6 nitrogen and oxygen atoms in total. The molecule has 1 aromatic rings. The van der Waals surface area contributed by atoms with Gasteiger partial charge in [-0.05, 0) is 43.0 Å². The molecule has 132 valence electrons. The van der Waals surface area contributed by atoms with Crippen molar-refractivity contribution in [3.05, 3.63) is 23.3 Å². The standard InChI is InChI=1S/C18H25NO5/c1-3-5-18(17(21)22)10-19(6-4-16(18)20)9-13-8-15-14(7-12(13)2)23-11-24-15/h7-8,16,20H,3-6,9-11H2,1-2H3,(H,21,22)/t16-,18+/m0/s1. The number of carbonyl (C=O) groups is 1. The zero-order valence-electron chi connectivity index (χ0n) is 14.2. The van der Waals surface area contributed by atoms with E-state index in [0.717, 1.165) is 29.0 Å². The quantitative estimate of drug-likeness (QED) is 0.858. The van der Waals surface area contributed by atoms with Crippen molar-refractivity contribution < 1.29 is 24.5 Å². The lowest BCUT2D eigenvalue weighted by Gasteiger charge is -2.43. The molecular formula is C18H25NO5. The lowest BCUT2D eigenvalue weighted by atomic mass is 9.74. The molecule has 2 aliphatic heterocycles. The Balaban J connectivity index is 1.80. The Hall–Kier alpha value is -1.79. The highest BCUT2D eigenvalue weighted by Crippen LogP contribution is 2.38. The molecule has 0 bridgehead atoms. The summed E-state index contributed by atoms with van der Waals surface area (Å²) in [6.45, 7) is 5.92. The van der Waals surface area contributed by atoms with E-state index in [1.807, 2.05) is 26.0 Å². The van der Waals surface area contributed by atoms with Gasteiger partial charge in [0.15, 0.2) is 11.5 Å². The van der Waals surface area contributed by atoms with E-state index in [-0.39, 0.29) is 6.79 Å². The van der Waals surface area contributed by atoms with Crippen LogP contribution in [0.2, 0.25) is 0 Å². The fourth-order valence-electron chi connectivity index (χ4n) is 3.81. The minimum atomic E-state index is -1.07. The third-order valence-electron chi connectivity index (χ3n) is 5.21. The Bertz CT molecular complexity index is 632. The highest BCUT2D eigenvalue weighted by atomic mass is 16.7. The van der Waals surface area contributed by atoms with Crippen LogP contribution in [-0.4, -0.2) is 47.1 Å². The highest BCUT2D eigenvalue weighted by Gasteiger charge is 2.48. The average molecular weight is 335 g/mol. The minimum Gasteiger partial charge on any atom is -0.481 e. The molecule has 2 N–H and O–H groups in total. The van der Waals surface area contributed by atoms with Crippen LogP contribution in [0, 0.1) is 12.3 Å². The van der Waals surface area contributed by atoms with Crippen LogP contribution in [-0.2, 0) is 11.3 Å². The molecule has 0 unspecified atom stereocenters. The zero-order chi connectivity index (χ0) is 17.3. The predicted octanol–water partition coefficient (Wildman–Crippen LogP) is 2.16. The van der Waals surface area contributed by atoms with Gasteiger partial charge in [0.2, 0.25) is 6.79 Å². The number of hydrogen-bond acceptors (Lipinski definition) is 5. The fraction of sp³-hybridized carbons (Fsp3) is 0.611. The molecule has 2 heterocycles. The number of rotatable bonds is 5. The van der Waals surface area contributed by atoms with Gasteiger partial charge in [0.05, 0.1) is 6.10 Å². The van der Waals surface area contributed by atoms with E-state index < -0.39 is 17.5 Å². The highest BCUT2D eigenvalue weighted by molar-refractivity contribution is 5.76. The van der Waals surface area contributed by atoms with E-state index >= 15 is 0 Å². The maximum absolute atomic E-state index is 11.9. The van der Waals surface area contributed by atoms with E-state index in [1.54, 1.807) is 0 Å². The second-order valence-corrected chi connectivity index (χ2v) is 6.86. The second-order valence-electron chi connectivity index (χ2n) is 6.86. The van der Waals surface area contributed by atoms with Crippen LogP contribution < -0.4 is 9.47 Å². The topological polar surface area (TPSA) is 79.2 Å². The number of ether oxygens (including phenoxy) is 2. The molecule has 0 radical (unpaired) electrons. The van der Waals surface area contributed by atoms with Crippen LogP contribution in [0.1, 0.15) is 37.3 Å². The smallest absolute Gasteiger partial charge is 0.313 e. The van der Waals surface area contributed by atoms with E-state index in [2.05, 4.69) is 4.90 Å². The number of aliphatic hydroxyl groups is 1. The summed E-state index contributed by atoms with van der Waals surface area (Å²) >= 11 is 0. The minimum absolute atomic E-state index is 0.243. The average Bonchev–Trinajstić information content (AvgIpc) is 2.98. The van der Waals surface area contributed by atoms with Gasteiger partial charge in [0, 0.05) is 19.6 Å². The van der Waals surface area contributed by atoms with Crippen LogP contribution in [0.4, 0.5) is 0 Å². The SMILES string of the molecule is CCC[C@@]1(C(=O)O)CN(Cc2cc3c(cc2C)OCO3)CC[C@@H]1O. The molecule has 0 aromatic heterocycles. The Morgan fingerprint density at radius 3 is 2.75 bits per heavy atom. The van der Waals surface area contributed by atoms with Crippen LogP contribution in [0.15, 0.2) is 12.1 Å². The van der Waals surface area contributed by atoms with Crippen LogP contribution >= 0.6 is 0 Å². The summed E-state index contributed by atoms with van der Waals surface area (Å²) in [5, 5.41) is 20.1. The van der Waals surface area contributed by atoms with Crippen molar-refractivity contribution in [3.63, 3.8) is 0 Å². The molecule has 1 aromatic carbocycles.